The summed E-state index contributed by atoms with van der Waals surface area (Å²) >= 11 is 0. The molecular formula is C24H20FN5O. The maximum Gasteiger partial charge on any atom is 0.141 e. The molecule has 0 radical (unpaired) electrons. The summed E-state index contributed by atoms with van der Waals surface area (Å²) in [7, 11) is 0. The number of anilines is 2. The molecule has 5 rings (SSSR count). The third kappa shape index (κ3) is 3.85. The minimum absolute atomic E-state index is 0.149. The van der Waals surface area contributed by atoms with Gasteiger partial charge >= 0.3 is 0 Å². The van der Waals surface area contributed by atoms with Gasteiger partial charge in [0, 0.05) is 29.5 Å². The molecule has 0 spiro atoms. The van der Waals surface area contributed by atoms with E-state index >= 15 is 0 Å². The van der Waals surface area contributed by atoms with E-state index in [0.29, 0.717) is 12.2 Å². The zero-order chi connectivity index (χ0) is 21.4. The van der Waals surface area contributed by atoms with E-state index < -0.39 is 0 Å². The number of rotatable bonds is 5. The molecule has 2 aromatic heterocycles. The van der Waals surface area contributed by atoms with Crippen LogP contribution < -0.4 is 5.32 Å². The van der Waals surface area contributed by atoms with E-state index in [1.165, 1.54) is 12.1 Å². The second-order valence-electron chi connectivity index (χ2n) is 7.45. The molecule has 2 heterocycles. The Hall–Kier alpha value is -4.13. The maximum absolute atomic E-state index is 13.2. The van der Waals surface area contributed by atoms with Crippen LogP contribution in [0.3, 0.4) is 0 Å². The zero-order valence-electron chi connectivity index (χ0n) is 16.8. The van der Waals surface area contributed by atoms with E-state index in [1.807, 2.05) is 54.3 Å². The molecule has 5 aromatic rings. The highest BCUT2D eigenvalue weighted by Crippen LogP contribution is 2.30. The lowest BCUT2D eigenvalue weighted by Gasteiger charge is -2.10. The molecule has 31 heavy (non-hydrogen) atoms. The molecule has 0 amide bonds. The first-order chi connectivity index (χ1) is 15.0. The fourth-order valence-electron chi connectivity index (χ4n) is 3.58. The van der Waals surface area contributed by atoms with Gasteiger partial charge in [-0.2, -0.15) is 5.10 Å². The average Bonchev–Trinajstić information content (AvgIpc) is 3.36. The number of hydrogen-bond donors (Lipinski definition) is 2. The van der Waals surface area contributed by atoms with Gasteiger partial charge in [-0.15, -0.1) is 0 Å². The van der Waals surface area contributed by atoms with Gasteiger partial charge in [0.2, 0.25) is 0 Å². The zero-order valence-corrected chi connectivity index (χ0v) is 16.8. The molecule has 0 bridgehead atoms. The van der Waals surface area contributed by atoms with Crippen LogP contribution in [-0.2, 0) is 6.54 Å². The number of aromatic nitrogens is 4. The lowest BCUT2D eigenvalue weighted by Crippen LogP contribution is -2.00. The average molecular weight is 413 g/mol. The Morgan fingerprint density at radius 3 is 2.61 bits per heavy atom. The van der Waals surface area contributed by atoms with E-state index in [0.717, 1.165) is 33.5 Å². The Kier molecular flexibility index (Phi) is 4.63. The van der Waals surface area contributed by atoms with Crippen molar-refractivity contribution in [3.8, 4) is 11.4 Å². The van der Waals surface area contributed by atoms with Gasteiger partial charge in [-0.1, -0.05) is 24.3 Å². The van der Waals surface area contributed by atoms with Crippen LogP contribution in [0.2, 0.25) is 0 Å². The fraction of sp³-hybridized carbons (Fsp3) is 0.0833. The van der Waals surface area contributed by atoms with Crippen molar-refractivity contribution in [3.05, 3.63) is 96.5 Å². The highest BCUT2D eigenvalue weighted by molar-refractivity contribution is 5.92. The number of benzene rings is 3. The van der Waals surface area contributed by atoms with Crippen LogP contribution in [0, 0.1) is 12.7 Å². The molecule has 0 aliphatic rings. The van der Waals surface area contributed by atoms with E-state index in [2.05, 4.69) is 10.3 Å². The Balaban J connectivity index is 1.42. The van der Waals surface area contributed by atoms with Crippen LogP contribution in [0.5, 0.6) is 5.75 Å². The van der Waals surface area contributed by atoms with Gasteiger partial charge in [0.25, 0.3) is 0 Å². The van der Waals surface area contributed by atoms with Crippen molar-refractivity contribution < 1.29 is 9.50 Å². The Morgan fingerprint density at radius 1 is 1.03 bits per heavy atom. The largest absolute Gasteiger partial charge is 0.506 e. The van der Waals surface area contributed by atoms with Crippen LogP contribution >= 0.6 is 0 Å². The van der Waals surface area contributed by atoms with Gasteiger partial charge in [-0.05, 0) is 42.8 Å². The number of nitrogens with zero attached hydrogens (tertiary/aromatic N) is 4. The number of aromatic hydroxyl groups is 1. The first kappa shape index (κ1) is 18.9. The van der Waals surface area contributed by atoms with Gasteiger partial charge in [-0.3, -0.25) is 4.68 Å². The number of hydrogen-bond acceptors (Lipinski definition) is 4. The van der Waals surface area contributed by atoms with Crippen molar-refractivity contribution in [2.24, 2.45) is 0 Å². The first-order valence-corrected chi connectivity index (χ1v) is 9.87. The van der Waals surface area contributed by atoms with Gasteiger partial charge < -0.3 is 15.0 Å². The third-order valence-electron chi connectivity index (χ3n) is 5.09. The number of imidazole rings is 1. The Morgan fingerprint density at radius 2 is 1.87 bits per heavy atom. The van der Waals surface area contributed by atoms with Crippen LogP contribution in [0.4, 0.5) is 15.8 Å². The molecule has 154 valence electrons. The Labute approximate surface area is 178 Å². The van der Waals surface area contributed by atoms with E-state index in [9.17, 15) is 9.50 Å². The summed E-state index contributed by atoms with van der Waals surface area (Å²) in [5.41, 5.74) is 4.91. The van der Waals surface area contributed by atoms with Gasteiger partial charge in [0.15, 0.2) is 0 Å². The number of phenols is 1. The summed E-state index contributed by atoms with van der Waals surface area (Å²) in [4.78, 5) is 4.20. The highest BCUT2D eigenvalue weighted by Gasteiger charge is 2.10. The first-order valence-electron chi connectivity index (χ1n) is 9.87. The van der Waals surface area contributed by atoms with Crippen LogP contribution in [-0.4, -0.2) is 24.4 Å². The predicted molar refractivity (Wildman–Crippen MR) is 118 cm³/mol. The summed E-state index contributed by atoms with van der Waals surface area (Å²) in [5, 5.41) is 19.5. The summed E-state index contributed by atoms with van der Waals surface area (Å²) in [6.45, 7) is 2.45. The minimum Gasteiger partial charge on any atom is -0.506 e. The minimum atomic E-state index is -0.252. The second-order valence-corrected chi connectivity index (χ2v) is 7.45. The molecule has 0 aliphatic heterocycles. The van der Waals surface area contributed by atoms with Crippen molar-refractivity contribution in [1.82, 2.24) is 19.3 Å². The number of nitrogens with one attached hydrogen (secondary N) is 1. The van der Waals surface area contributed by atoms with Gasteiger partial charge in [0.05, 0.1) is 29.9 Å². The molecule has 3 aromatic carbocycles. The molecule has 0 fully saturated rings. The predicted octanol–water partition coefficient (Wildman–Crippen LogP) is 5.17. The Bertz CT molecular complexity index is 1370. The molecule has 0 saturated heterocycles. The molecule has 0 aliphatic carbocycles. The van der Waals surface area contributed by atoms with Gasteiger partial charge in [0.1, 0.15) is 17.1 Å². The lowest BCUT2D eigenvalue weighted by atomic mass is 10.2. The third-order valence-corrected chi connectivity index (χ3v) is 5.09. The molecule has 2 N–H and O–H groups in total. The van der Waals surface area contributed by atoms with Crippen LogP contribution in [0.1, 0.15) is 11.3 Å². The maximum atomic E-state index is 13.2. The number of fused-ring (bicyclic) bond motifs is 1. The van der Waals surface area contributed by atoms with Crippen molar-refractivity contribution in [1.29, 1.82) is 0 Å². The molecule has 0 saturated carbocycles. The van der Waals surface area contributed by atoms with E-state index in [4.69, 9.17) is 5.10 Å². The summed E-state index contributed by atoms with van der Waals surface area (Å²) < 4.78 is 16.8. The lowest BCUT2D eigenvalue weighted by molar-refractivity contribution is 0.472. The highest BCUT2D eigenvalue weighted by atomic mass is 19.1. The number of halogens is 1. The summed E-state index contributed by atoms with van der Waals surface area (Å²) in [6, 6.07) is 17.7. The van der Waals surface area contributed by atoms with E-state index in [-0.39, 0.29) is 11.6 Å². The standard InChI is InChI=1S/C24H20FN5O/c1-16-12-29(15-26-16)22-10-9-20(11-23(22)31)27-21-4-2-3-18-14-30(28-24(18)21)13-17-5-7-19(25)8-6-17/h2-12,14-15,27,31H,13H2,1H3. The van der Waals surface area contributed by atoms with E-state index in [1.54, 1.807) is 29.1 Å². The fourth-order valence-corrected chi connectivity index (χ4v) is 3.58. The van der Waals surface area contributed by atoms with Crippen LogP contribution in [0.15, 0.2) is 79.4 Å². The van der Waals surface area contributed by atoms with Crippen LogP contribution in [0.25, 0.3) is 16.6 Å². The van der Waals surface area contributed by atoms with Gasteiger partial charge in [-0.25, -0.2) is 9.37 Å². The number of aryl methyl sites for hydroxylation is 1. The second kappa shape index (κ2) is 7.60. The summed E-state index contributed by atoms with van der Waals surface area (Å²) in [5.74, 6) is -0.102. The number of phenolic OH excluding ortho intramolecular Hbond substituents is 1. The molecule has 6 nitrogen and oxygen atoms in total. The SMILES string of the molecule is Cc1cn(-c2ccc(Nc3cccc4cn(Cc5ccc(F)cc5)nc34)cc2O)cn1. The quantitative estimate of drug-likeness (QED) is 0.417. The molecule has 0 atom stereocenters. The van der Waals surface area contributed by atoms with Crippen molar-refractivity contribution in [2.75, 3.05) is 5.32 Å². The van der Waals surface area contributed by atoms with Crippen molar-refractivity contribution >= 4 is 22.3 Å². The van der Waals surface area contributed by atoms with Crippen molar-refractivity contribution in [3.63, 3.8) is 0 Å². The molecule has 7 heteroatoms. The monoisotopic (exact) mass is 413 g/mol. The summed E-state index contributed by atoms with van der Waals surface area (Å²) in [6.07, 6.45) is 5.49. The van der Waals surface area contributed by atoms with Crippen molar-refractivity contribution in [2.45, 2.75) is 13.5 Å². The molecular weight excluding hydrogens is 393 g/mol. The topological polar surface area (TPSA) is 67.9 Å². The molecule has 0 unspecified atom stereocenters. The smallest absolute Gasteiger partial charge is 0.141 e. The normalized spacial score (nSPS) is 11.2.